The third-order valence-electron chi connectivity index (χ3n) is 3.58. The van der Waals surface area contributed by atoms with E-state index in [4.69, 9.17) is 0 Å². The van der Waals surface area contributed by atoms with Crippen LogP contribution in [0.2, 0.25) is 0 Å². The quantitative estimate of drug-likeness (QED) is 0.724. The number of carbonyl (C=O) groups excluding carboxylic acids is 3. The third-order valence-corrected chi connectivity index (χ3v) is 3.58. The van der Waals surface area contributed by atoms with Crippen molar-refractivity contribution in [1.82, 2.24) is 0 Å². The summed E-state index contributed by atoms with van der Waals surface area (Å²) in [6.45, 7) is 3.33. The van der Waals surface area contributed by atoms with E-state index in [-0.39, 0.29) is 34.8 Å². The highest BCUT2D eigenvalue weighted by atomic mass is 16.3. The Morgan fingerprint density at radius 1 is 1.09 bits per heavy atom. The van der Waals surface area contributed by atoms with Crippen molar-refractivity contribution in [2.24, 2.45) is 5.92 Å². The Kier molecular flexibility index (Phi) is 4.14. The largest absolute Gasteiger partial charge is 0.507 e. The maximum atomic E-state index is 12.4. The van der Waals surface area contributed by atoms with Gasteiger partial charge in [-0.2, -0.15) is 0 Å². The van der Waals surface area contributed by atoms with Crippen LogP contribution in [0.15, 0.2) is 23.8 Å². The smallest absolute Gasteiger partial charge is 0.196 e. The molecule has 1 unspecified atom stereocenters. The average molecular weight is 304 g/mol. The number of rotatable bonds is 4. The highest BCUT2D eigenvalue weighted by Crippen LogP contribution is 2.35. The molecule has 1 aliphatic rings. The molecule has 2 rings (SSSR count). The molecule has 0 radical (unpaired) electrons. The molecule has 0 heterocycles. The van der Waals surface area contributed by atoms with Gasteiger partial charge in [-0.05, 0) is 18.2 Å². The zero-order valence-corrected chi connectivity index (χ0v) is 12.2. The average Bonchev–Trinajstić information content (AvgIpc) is 2.44. The second kappa shape index (κ2) is 5.73. The molecule has 0 saturated heterocycles. The molecule has 6 heteroatoms. The van der Waals surface area contributed by atoms with Gasteiger partial charge in [-0.1, -0.05) is 13.8 Å². The lowest BCUT2D eigenvalue weighted by atomic mass is 9.84. The molecule has 116 valence electrons. The zero-order chi connectivity index (χ0) is 16.6. The highest BCUT2D eigenvalue weighted by Gasteiger charge is 2.34. The predicted octanol–water partition coefficient (Wildman–Crippen LogP) is 1.38. The fourth-order valence-corrected chi connectivity index (χ4v) is 2.27. The monoisotopic (exact) mass is 304 g/mol. The summed E-state index contributed by atoms with van der Waals surface area (Å²) in [7, 11) is 0. The second-order valence-corrected chi connectivity index (χ2v) is 5.49. The summed E-state index contributed by atoms with van der Waals surface area (Å²) in [5, 5.41) is 29.5. The van der Waals surface area contributed by atoms with Gasteiger partial charge in [0.15, 0.2) is 11.6 Å². The van der Waals surface area contributed by atoms with Crippen molar-refractivity contribution in [2.45, 2.75) is 26.4 Å². The van der Waals surface area contributed by atoms with Crippen molar-refractivity contribution in [1.29, 1.82) is 0 Å². The van der Waals surface area contributed by atoms with Crippen molar-refractivity contribution >= 4 is 17.3 Å². The summed E-state index contributed by atoms with van der Waals surface area (Å²) in [5.74, 6) is -2.91. The molecule has 0 saturated carbocycles. The van der Waals surface area contributed by atoms with Crippen LogP contribution in [-0.2, 0) is 4.79 Å². The van der Waals surface area contributed by atoms with E-state index in [0.717, 1.165) is 18.2 Å². The molecule has 3 N–H and O–H groups in total. The van der Waals surface area contributed by atoms with E-state index in [9.17, 15) is 29.7 Å². The molecule has 6 nitrogen and oxygen atoms in total. The Balaban J connectivity index is 2.42. The first kappa shape index (κ1) is 15.9. The van der Waals surface area contributed by atoms with Crippen LogP contribution in [0, 0.1) is 5.92 Å². The van der Waals surface area contributed by atoms with Crippen LogP contribution in [0.5, 0.6) is 11.5 Å². The number of hydrogen-bond acceptors (Lipinski definition) is 6. The van der Waals surface area contributed by atoms with Crippen molar-refractivity contribution in [3.05, 3.63) is 34.9 Å². The molecule has 0 bridgehead atoms. The number of fused-ring (bicyclic) bond motifs is 1. The Morgan fingerprint density at radius 2 is 1.64 bits per heavy atom. The van der Waals surface area contributed by atoms with Gasteiger partial charge in [0.05, 0.1) is 17.2 Å². The van der Waals surface area contributed by atoms with Gasteiger partial charge in [-0.15, -0.1) is 0 Å². The van der Waals surface area contributed by atoms with Gasteiger partial charge >= 0.3 is 0 Å². The van der Waals surface area contributed by atoms with Crippen LogP contribution in [0.4, 0.5) is 0 Å². The molecular weight excluding hydrogens is 288 g/mol. The molecule has 0 aliphatic heterocycles. The lowest BCUT2D eigenvalue weighted by Gasteiger charge is -2.20. The van der Waals surface area contributed by atoms with Crippen LogP contribution in [0.3, 0.4) is 0 Å². The first-order chi connectivity index (χ1) is 10.2. The number of phenolic OH excluding ortho intramolecular Hbond substituents is 2. The van der Waals surface area contributed by atoms with Crippen LogP contribution >= 0.6 is 0 Å². The maximum Gasteiger partial charge on any atom is 0.196 e. The van der Waals surface area contributed by atoms with Gasteiger partial charge in [0.25, 0.3) is 0 Å². The van der Waals surface area contributed by atoms with E-state index in [1.54, 1.807) is 13.8 Å². The third kappa shape index (κ3) is 2.65. The molecule has 1 atom stereocenters. The molecule has 1 aromatic rings. The fraction of sp³-hybridized carbons (Fsp3) is 0.312. The van der Waals surface area contributed by atoms with Gasteiger partial charge in [-0.25, -0.2) is 0 Å². The van der Waals surface area contributed by atoms with Crippen LogP contribution < -0.4 is 0 Å². The molecular formula is C16H16O6. The van der Waals surface area contributed by atoms with Crippen molar-refractivity contribution < 1.29 is 29.7 Å². The number of allylic oxidation sites excluding steroid dienone is 1. The van der Waals surface area contributed by atoms with Gasteiger partial charge in [0.1, 0.15) is 17.3 Å². The number of aliphatic hydroxyl groups is 1. The lowest BCUT2D eigenvalue weighted by Crippen LogP contribution is -2.28. The first-order valence-electron chi connectivity index (χ1n) is 6.80. The van der Waals surface area contributed by atoms with Crippen molar-refractivity contribution in [3.63, 3.8) is 0 Å². The number of carbonyl (C=O) groups is 3. The predicted molar refractivity (Wildman–Crippen MR) is 77.0 cm³/mol. The Bertz CT molecular complexity index is 699. The molecule has 22 heavy (non-hydrogen) atoms. The molecule has 1 aliphatic carbocycles. The summed E-state index contributed by atoms with van der Waals surface area (Å²) < 4.78 is 0. The van der Waals surface area contributed by atoms with E-state index in [2.05, 4.69) is 0 Å². The SMILES string of the molecule is CC(C)C(=O)CC(O)C1=CC(=O)c2c(O)ccc(O)c2C1=O. The van der Waals surface area contributed by atoms with Crippen molar-refractivity contribution in [2.75, 3.05) is 0 Å². The Hall–Kier alpha value is -2.47. The molecule has 0 aromatic heterocycles. The standard InChI is InChI=1S/C16H16O6/c1-7(2)11(19)6-12(20)8-5-13(21)14-9(17)3-4-10(18)15(14)16(8)22/h3-5,7,12,17-18,20H,6H2,1-2H3. The Morgan fingerprint density at radius 3 is 2.18 bits per heavy atom. The zero-order valence-electron chi connectivity index (χ0n) is 12.2. The van der Waals surface area contributed by atoms with Crippen LogP contribution in [0.1, 0.15) is 41.0 Å². The molecule has 0 spiro atoms. The van der Waals surface area contributed by atoms with E-state index in [0.29, 0.717) is 0 Å². The number of benzene rings is 1. The summed E-state index contributed by atoms with van der Waals surface area (Å²) in [6, 6.07) is 2.20. The minimum Gasteiger partial charge on any atom is -0.507 e. The van der Waals surface area contributed by atoms with Gasteiger partial charge in [0.2, 0.25) is 0 Å². The summed E-state index contributed by atoms with van der Waals surface area (Å²) in [4.78, 5) is 36.1. The number of Topliss-reactive ketones (excluding diaryl/α,β-unsaturated/α-hetero) is 2. The van der Waals surface area contributed by atoms with E-state index in [1.807, 2.05) is 0 Å². The van der Waals surface area contributed by atoms with E-state index in [1.165, 1.54) is 0 Å². The topological polar surface area (TPSA) is 112 Å². The normalized spacial score (nSPS) is 15.5. The molecule has 1 aromatic carbocycles. The molecule has 0 amide bonds. The number of aromatic hydroxyl groups is 2. The van der Waals surface area contributed by atoms with Crippen LogP contribution in [-0.4, -0.2) is 38.8 Å². The second-order valence-electron chi connectivity index (χ2n) is 5.49. The fourth-order valence-electron chi connectivity index (χ4n) is 2.27. The highest BCUT2D eigenvalue weighted by molar-refractivity contribution is 6.27. The summed E-state index contributed by atoms with van der Waals surface area (Å²) in [5.41, 5.74) is -0.901. The van der Waals surface area contributed by atoms with Gasteiger partial charge in [0, 0.05) is 17.9 Å². The maximum absolute atomic E-state index is 12.4. The summed E-state index contributed by atoms with van der Waals surface area (Å²) in [6.07, 6.45) is -0.819. The van der Waals surface area contributed by atoms with E-state index < -0.39 is 29.2 Å². The van der Waals surface area contributed by atoms with Gasteiger partial charge in [-0.3, -0.25) is 14.4 Å². The minimum absolute atomic E-state index is 0.250. The number of hydrogen-bond donors (Lipinski definition) is 3. The Labute approximate surface area is 126 Å². The van der Waals surface area contributed by atoms with E-state index >= 15 is 0 Å². The molecule has 0 fully saturated rings. The van der Waals surface area contributed by atoms with Crippen molar-refractivity contribution in [3.8, 4) is 11.5 Å². The minimum atomic E-state index is -1.43. The lowest BCUT2D eigenvalue weighted by molar-refractivity contribution is -0.123. The first-order valence-corrected chi connectivity index (χ1v) is 6.80. The summed E-state index contributed by atoms with van der Waals surface area (Å²) >= 11 is 0. The van der Waals surface area contributed by atoms with Crippen LogP contribution in [0.25, 0.3) is 0 Å². The number of ketones is 3. The number of aliphatic hydroxyl groups excluding tert-OH is 1. The number of phenols is 2. The van der Waals surface area contributed by atoms with Gasteiger partial charge < -0.3 is 15.3 Å².